The van der Waals surface area contributed by atoms with E-state index in [0.717, 1.165) is 16.5 Å². The Kier molecular flexibility index (Phi) is 3.43. The van der Waals surface area contributed by atoms with Gasteiger partial charge in [0.2, 0.25) is 0 Å². The molecule has 3 rings (SSSR count). The first-order valence-electron chi connectivity index (χ1n) is 6.35. The molecule has 0 saturated carbocycles. The van der Waals surface area contributed by atoms with Gasteiger partial charge in [0, 0.05) is 10.4 Å². The van der Waals surface area contributed by atoms with Gasteiger partial charge < -0.3 is 5.73 Å². The van der Waals surface area contributed by atoms with Crippen LogP contribution in [0.25, 0.3) is 10.8 Å². The maximum absolute atomic E-state index is 13.8. The molecule has 0 spiro atoms. The van der Waals surface area contributed by atoms with Crippen LogP contribution in [0.3, 0.4) is 0 Å². The van der Waals surface area contributed by atoms with Crippen LogP contribution in [0.2, 0.25) is 5.02 Å². The summed E-state index contributed by atoms with van der Waals surface area (Å²) < 4.78 is 13.8. The Balaban J connectivity index is 2.17. The van der Waals surface area contributed by atoms with Crippen LogP contribution >= 0.6 is 11.6 Å². The molecule has 1 unspecified atom stereocenters. The van der Waals surface area contributed by atoms with Crippen molar-refractivity contribution in [2.24, 2.45) is 5.73 Å². The van der Waals surface area contributed by atoms with Crippen molar-refractivity contribution in [3.8, 4) is 0 Å². The zero-order valence-electron chi connectivity index (χ0n) is 10.7. The Hall–Kier alpha value is -1.90. The fourth-order valence-electron chi connectivity index (χ4n) is 2.44. The average Bonchev–Trinajstić information content (AvgIpc) is 2.47. The number of nitrogens with two attached hydrogens (primary N) is 1. The van der Waals surface area contributed by atoms with E-state index in [0.29, 0.717) is 10.4 Å². The molecule has 0 aliphatic heterocycles. The molecule has 0 fully saturated rings. The van der Waals surface area contributed by atoms with Gasteiger partial charge in [-0.2, -0.15) is 0 Å². The largest absolute Gasteiger partial charge is 0.320 e. The summed E-state index contributed by atoms with van der Waals surface area (Å²) in [7, 11) is 0. The number of rotatable bonds is 2. The molecule has 100 valence electrons. The summed E-state index contributed by atoms with van der Waals surface area (Å²) >= 11 is 6.00. The SMILES string of the molecule is NC(c1cccc(Cl)c1)c1ccc(F)c2ccccc12. The van der Waals surface area contributed by atoms with Crippen molar-refractivity contribution in [2.45, 2.75) is 6.04 Å². The molecule has 3 aromatic rings. The molecule has 0 aliphatic rings. The molecule has 1 atom stereocenters. The van der Waals surface area contributed by atoms with Crippen LogP contribution in [-0.4, -0.2) is 0 Å². The molecule has 20 heavy (non-hydrogen) atoms. The molecule has 0 aromatic heterocycles. The highest BCUT2D eigenvalue weighted by atomic mass is 35.5. The van der Waals surface area contributed by atoms with E-state index in [1.54, 1.807) is 18.2 Å². The maximum Gasteiger partial charge on any atom is 0.131 e. The molecule has 0 bridgehead atoms. The summed E-state index contributed by atoms with van der Waals surface area (Å²) in [6.07, 6.45) is 0. The third-order valence-electron chi connectivity index (χ3n) is 3.45. The zero-order valence-corrected chi connectivity index (χ0v) is 11.4. The fraction of sp³-hybridized carbons (Fsp3) is 0.0588. The van der Waals surface area contributed by atoms with Crippen molar-refractivity contribution in [1.29, 1.82) is 0 Å². The van der Waals surface area contributed by atoms with E-state index in [4.69, 9.17) is 17.3 Å². The summed E-state index contributed by atoms with van der Waals surface area (Å²) in [5.74, 6) is -0.234. The number of hydrogen-bond donors (Lipinski definition) is 1. The van der Waals surface area contributed by atoms with Crippen molar-refractivity contribution >= 4 is 22.4 Å². The molecular weight excluding hydrogens is 273 g/mol. The Labute approximate surface area is 121 Å². The van der Waals surface area contributed by atoms with Crippen LogP contribution in [0.1, 0.15) is 17.2 Å². The summed E-state index contributed by atoms with van der Waals surface area (Å²) in [5.41, 5.74) is 8.12. The molecule has 1 nitrogen and oxygen atoms in total. The van der Waals surface area contributed by atoms with Gasteiger partial charge in [-0.1, -0.05) is 54.1 Å². The van der Waals surface area contributed by atoms with Crippen LogP contribution in [0, 0.1) is 5.82 Å². The normalized spacial score (nSPS) is 12.6. The van der Waals surface area contributed by atoms with Crippen LogP contribution in [-0.2, 0) is 0 Å². The van der Waals surface area contributed by atoms with Gasteiger partial charge in [-0.25, -0.2) is 4.39 Å². The lowest BCUT2D eigenvalue weighted by Crippen LogP contribution is -2.12. The lowest BCUT2D eigenvalue weighted by atomic mass is 9.94. The van der Waals surface area contributed by atoms with Gasteiger partial charge in [0.25, 0.3) is 0 Å². The second-order valence-electron chi connectivity index (χ2n) is 4.71. The van der Waals surface area contributed by atoms with Crippen molar-refractivity contribution in [2.75, 3.05) is 0 Å². The molecule has 0 saturated heterocycles. The Bertz CT molecular complexity index is 770. The van der Waals surface area contributed by atoms with E-state index in [2.05, 4.69) is 0 Å². The summed E-state index contributed by atoms with van der Waals surface area (Å²) in [6, 6.07) is 17.7. The third kappa shape index (κ3) is 2.28. The van der Waals surface area contributed by atoms with Gasteiger partial charge in [-0.05, 0) is 34.7 Å². The van der Waals surface area contributed by atoms with Gasteiger partial charge in [-0.3, -0.25) is 0 Å². The average molecular weight is 286 g/mol. The predicted molar refractivity (Wildman–Crippen MR) is 81.4 cm³/mol. The first kappa shape index (κ1) is 13.1. The topological polar surface area (TPSA) is 26.0 Å². The highest BCUT2D eigenvalue weighted by Gasteiger charge is 2.14. The van der Waals surface area contributed by atoms with E-state index < -0.39 is 0 Å². The minimum Gasteiger partial charge on any atom is -0.320 e. The number of benzene rings is 3. The van der Waals surface area contributed by atoms with Gasteiger partial charge >= 0.3 is 0 Å². The van der Waals surface area contributed by atoms with Gasteiger partial charge in [0.15, 0.2) is 0 Å². The zero-order chi connectivity index (χ0) is 14.1. The number of halogens is 2. The fourth-order valence-corrected chi connectivity index (χ4v) is 2.64. The van der Waals surface area contributed by atoms with E-state index >= 15 is 0 Å². The molecular formula is C17H13ClFN. The van der Waals surface area contributed by atoms with E-state index in [1.807, 2.05) is 36.4 Å². The van der Waals surface area contributed by atoms with Crippen LogP contribution < -0.4 is 5.73 Å². The smallest absolute Gasteiger partial charge is 0.131 e. The van der Waals surface area contributed by atoms with E-state index in [1.165, 1.54) is 6.07 Å². The lowest BCUT2D eigenvalue weighted by Gasteiger charge is -2.16. The quantitative estimate of drug-likeness (QED) is 0.727. The lowest BCUT2D eigenvalue weighted by molar-refractivity contribution is 0.639. The van der Waals surface area contributed by atoms with Crippen LogP contribution in [0.15, 0.2) is 60.7 Å². The number of fused-ring (bicyclic) bond motifs is 1. The first-order chi connectivity index (χ1) is 9.66. The van der Waals surface area contributed by atoms with Crippen molar-refractivity contribution in [3.05, 3.63) is 82.6 Å². The van der Waals surface area contributed by atoms with Crippen molar-refractivity contribution in [3.63, 3.8) is 0 Å². The molecule has 2 N–H and O–H groups in total. The monoisotopic (exact) mass is 285 g/mol. The summed E-state index contributed by atoms with van der Waals surface area (Å²) in [4.78, 5) is 0. The summed E-state index contributed by atoms with van der Waals surface area (Å²) in [5, 5.41) is 2.06. The molecule has 3 aromatic carbocycles. The van der Waals surface area contributed by atoms with Gasteiger partial charge in [0.05, 0.1) is 6.04 Å². The number of hydrogen-bond acceptors (Lipinski definition) is 1. The van der Waals surface area contributed by atoms with E-state index in [-0.39, 0.29) is 11.9 Å². The second-order valence-corrected chi connectivity index (χ2v) is 5.15. The molecule has 0 aliphatic carbocycles. The predicted octanol–water partition coefficient (Wildman–Crippen LogP) is 4.68. The van der Waals surface area contributed by atoms with E-state index in [9.17, 15) is 4.39 Å². The minimum absolute atomic E-state index is 0.234. The van der Waals surface area contributed by atoms with Crippen LogP contribution in [0.5, 0.6) is 0 Å². The second kappa shape index (κ2) is 5.23. The molecule has 3 heteroatoms. The summed E-state index contributed by atoms with van der Waals surface area (Å²) in [6.45, 7) is 0. The Morgan fingerprint density at radius 3 is 2.40 bits per heavy atom. The molecule has 0 heterocycles. The maximum atomic E-state index is 13.8. The molecule has 0 amide bonds. The highest BCUT2D eigenvalue weighted by molar-refractivity contribution is 6.30. The minimum atomic E-state index is -0.334. The van der Waals surface area contributed by atoms with Crippen molar-refractivity contribution < 1.29 is 4.39 Å². The van der Waals surface area contributed by atoms with Gasteiger partial charge in [0.1, 0.15) is 5.82 Å². The standard InChI is InChI=1S/C17H13ClFN/c18-12-5-3-4-11(10-12)17(20)15-8-9-16(19)14-7-2-1-6-13(14)15/h1-10,17H,20H2. The van der Waals surface area contributed by atoms with Crippen molar-refractivity contribution in [1.82, 2.24) is 0 Å². The Morgan fingerprint density at radius 1 is 0.900 bits per heavy atom. The van der Waals surface area contributed by atoms with Crippen LogP contribution in [0.4, 0.5) is 4.39 Å². The van der Waals surface area contributed by atoms with Gasteiger partial charge in [-0.15, -0.1) is 0 Å². The highest BCUT2D eigenvalue weighted by Crippen LogP contribution is 2.29. The molecule has 0 radical (unpaired) electrons. The first-order valence-corrected chi connectivity index (χ1v) is 6.73. The third-order valence-corrected chi connectivity index (χ3v) is 3.68. The Morgan fingerprint density at radius 2 is 1.65 bits per heavy atom.